The minimum Gasteiger partial charge on any atom is -0.460 e. The third kappa shape index (κ3) is 10.2. The number of hydrogen-bond donors (Lipinski definition) is 0. The van der Waals surface area contributed by atoms with Crippen LogP contribution in [0.15, 0.2) is 54.6 Å². The van der Waals surface area contributed by atoms with E-state index in [0.29, 0.717) is 31.7 Å². The summed E-state index contributed by atoms with van der Waals surface area (Å²) < 4.78 is 11.2. The van der Waals surface area contributed by atoms with Gasteiger partial charge >= 0.3 is 12.1 Å². The average molecular weight is 537 g/mol. The highest BCUT2D eigenvalue weighted by atomic mass is 16.6. The van der Waals surface area contributed by atoms with E-state index in [4.69, 9.17) is 9.47 Å². The Morgan fingerprint density at radius 3 is 2.18 bits per heavy atom. The Hall–Kier alpha value is -3.02. The second-order valence-corrected chi connectivity index (χ2v) is 12.8. The van der Waals surface area contributed by atoms with Gasteiger partial charge < -0.3 is 19.3 Å². The van der Waals surface area contributed by atoms with Crippen molar-refractivity contribution in [1.82, 2.24) is 4.90 Å². The molecule has 1 saturated heterocycles. The molecule has 0 N–H and O–H groups in total. The van der Waals surface area contributed by atoms with Gasteiger partial charge in [-0.1, -0.05) is 42.5 Å². The van der Waals surface area contributed by atoms with E-state index in [0.717, 1.165) is 31.5 Å². The van der Waals surface area contributed by atoms with Crippen LogP contribution in [0.2, 0.25) is 0 Å². The zero-order chi connectivity index (χ0) is 28.6. The largest absolute Gasteiger partial charge is 0.460 e. The number of carbonyl (C=O) groups excluding carboxylic acids is 2. The minimum absolute atomic E-state index is 0.184. The number of rotatable bonds is 9. The molecule has 1 unspecified atom stereocenters. The quantitative estimate of drug-likeness (QED) is 0.317. The first-order chi connectivity index (χ1) is 18.3. The summed E-state index contributed by atoms with van der Waals surface area (Å²) in [7, 11) is 1.74. The molecule has 2 aromatic carbocycles. The molecule has 0 saturated carbocycles. The van der Waals surface area contributed by atoms with Crippen molar-refractivity contribution in [2.75, 3.05) is 31.6 Å². The van der Waals surface area contributed by atoms with Gasteiger partial charge in [-0.3, -0.25) is 4.79 Å². The first-order valence-electron chi connectivity index (χ1n) is 14.4. The Kier molecular flexibility index (Phi) is 10.5. The first kappa shape index (κ1) is 30.5. The third-order valence-corrected chi connectivity index (χ3v) is 7.02. The van der Waals surface area contributed by atoms with Crippen LogP contribution in [0.3, 0.4) is 0 Å². The van der Waals surface area contributed by atoms with Crippen molar-refractivity contribution < 1.29 is 19.1 Å². The number of amides is 1. The van der Waals surface area contributed by atoms with E-state index in [1.807, 2.05) is 41.5 Å². The lowest BCUT2D eigenvalue weighted by Crippen LogP contribution is -2.35. The summed E-state index contributed by atoms with van der Waals surface area (Å²) in [6.45, 7) is 13.8. The Bertz CT molecular complexity index is 1060. The average Bonchev–Trinajstić information content (AvgIpc) is 2.87. The molecule has 1 aliphatic heterocycles. The lowest BCUT2D eigenvalue weighted by molar-refractivity contribution is -0.160. The first-order valence-corrected chi connectivity index (χ1v) is 14.4. The number of hydrogen-bond acceptors (Lipinski definition) is 5. The summed E-state index contributed by atoms with van der Waals surface area (Å²) in [5.41, 5.74) is 2.70. The summed E-state index contributed by atoms with van der Waals surface area (Å²) in [4.78, 5) is 29.6. The normalized spacial score (nSPS) is 15.5. The lowest BCUT2D eigenvalue weighted by atomic mass is 9.89. The van der Waals surface area contributed by atoms with Crippen LogP contribution in [0.1, 0.15) is 84.3 Å². The molecular formula is C33H48N2O4. The van der Waals surface area contributed by atoms with Gasteiger partial charge in [-0.05, 0) is 103 Å². The number of carbonyl (C=O) groups is 2. The molecule has 0 aromatic heterocycles. The molecule has 0 radical (unpaired) electrons. The predicted octanol–water partition coefficient (Wildman–Crippen LogP) is 7.22. The van der Waals surface area contributed by atoms with E-state index in [-0.39, 0.29) is 18.0 Å². The van der Waals surface area contributed by atoms with Gasteiger partial charge in [-0.2, -0.15) is 0 Å². The van der Waals surface area contributed by atoms with Crippen LogP contribution in [-0.4, -0.2) is 54.8 Å². The van der Waals surface area contributed by atoms with Crippen LogP contribution in [0.5, 0.6) is 0 Å². The molecule has 1 fully saturated rings. The highest BCUT2D eigenvalue weighted by Crippen LogP contribution is 2.31. The Balaban J connectivity index is 1.62. The smallest absolute Gasteiger partial charge is 0.410 e. The fourth-order valence-electron chi connectivity index (χ4n) is 5.06. The van der Waals surface area contributed by atoms with E-state index < -0.39 is 11.2 Å². The molecule has 3 rings (SSSR count). The van der Waals surface area contributed by atoms with E-state index in [1.165, 1.54) is 11.3 Å². The zero-order valence-electron chi connectivity index (χ0n) is 25.0. The Morgan fingerprint density at radius 1 is 0.923 bits per heavy atom. The second kappa shape index (κ2) is 13.4. The number of benzene rings is 2. The fraction of sp³-hybridized carbons (Fsp3) is 0.576. The highest BCUT2D eigenvalue weighted by molar-refractivity contribution is 5.73. The molecule has 214 valence electrons. The van der Waals surface area contributed by atoms with E-state index in [1.54, 1.807) is 11.9 Å². The minimum atomic E-state index is -0.548. The Morgan fingerprint density at radius 2 is 1.56 bits per heavy atom. The molecule has 2 aromatic rings. The third-order valence-electron chi connectivity index (χ3n) is 7.02. The van der Waals surface area contributed by atoms with Crippen molar-refractivity contribution in [2.45, 2.75) is 90.8 Å². The van der Waals surface area contributed by atoms with Gasteiger partial charge in [0.15, 0.2) is 0 Å². The van der Waals surface area contributed by atoms with Crippen LogP contribution < -0.4 is 4.90 Å². The summed E-state index contributed by atoms with van der Waals surface area (Å²) in [5, 5.41) is 0. The maximum Gasteiger partial charge on any atom is 0.410 e. The van der Waals surface area contributed by atoms with Gasteiger partial charge in [-0.15, -0.1) is 0 Å². The van der Waals surface area contributed by atoms with Crippen LogP contribution >= 0.6 is 0 Å². The summed E-state index contributed by atoms with van der Waals surface area (Å²) in [5.74, 6) is 0.146. The number of piperidine rings is 1. The summed E-state index contributed by atoms with van der Waals surface area (Å²) in [6.07, 6.45) is 3.86. The molecule has 0 bridgehead atoms. The number of anilines is 1. The van der Waals surface area contributed by atoms with Gasteiger partial charge in [0, 0.05) is 32.4 Å². The van der Waals surface area contributed by atoms with Gasteiger partial charge in [-0.25, -0.2) is 4.79 Å². The van der Waals surface area contributed by atoms with Crippen molar-refractivity contribution in [2.24, 2.45) is 5.92 Å². The number of esters is 1. The van der Waals surface area contributed by atoms with E-state index >= 15 is 0 Å². The van der Waals surface area contributed by atoms with Crippen molar-refractivity contribution in [1.29, 1.82) is 0 Å². The van der Waals surface area contributed by atoms with Gasteiger partial charge in [0.05, 0.1) is 5.92 Å². The van der Waals surface area contributed by atoms with Crippen LogP contribution in [0, 0.1) is 5.92 Å². The molecule has 1 amide bonds. The predicted molar refractivity (Wildman–Crippen MR) is 158 cm³/mol. The molecule has 0 spiro atoms. The van der Waals surface area contributed by atoms with Crippen molar-refractivity contribution >= 4 is 17.7 Å². The maximum absolute atomic E-state index is 13.2. The standard InChI is InChI=1S/C33H48N2O4/c1-32(2,3)38-30(36)28(16-12-20-34(7)31(37)39-33(4,5)6)23-25-13-11-17-29(24-25)35-21-18-27(19-22-35)26-14-9-8-10-15-26/h8-11,13-15,17,24,27-28H,12,16,18-23H2,1-7H3. The van der Waals surface area contributed by atoms with Crippen molar-refractivity contribution in [3.63, 3.8) is 0 Å². The molecular weight excluding hydrogens is 488 g/mol. The van der Waals surface area contributed by atoms with Gasteiger partial charge in [0.2, 0.25) is 0 Å². The highest BCUT2D eigenvalue weighted by Gasteiger charge is 2.27. The SMILES string of the molecule is CN(CCCC(Cc1cccc(N2CCC(c3ccccc3)CC2)c1)C(=O)OC(C)(C)C)C(=O)OC(C)(C)C. The summed E-state index contributed by atoms with van der Waals surface area (Å²) >= 11 is 0. The molecule has 1 aliphatic rings. The molecule has 6 nitrogen and oxygen atoms in total. The zero-order valence-corrected chi connectivity index (χ0v) is 25.0. The van der Waals surface area contributed by atoms with Crippen LogP contribution in [0.25, 0.3) is 0 Å². The van der Waals surface area contributed by atoms with E-state index in [2.05, 4.69) is 59.5 Å². The van der Waals surface area contributed by atoms with Gasteiger partial charge in [0.1, 0.15) is 11.2 Å². The van der Waals surface area contributed by atoms with Crippen LogP contribution in [0.4, 0.5) is 10.5 Å². The number of nitrogens with zero attached hydrogens (tertiary/aromatic N) is 2. The molecule has 1 heterocycles. The van der Waals surface area contributed by atoms with Crippen molar-refractivity contribution in [3.8, 4) is 0 Å². The fourth-order valence-corrected chi connectivity index (χ4v) is 5.06. The molecule has 1 atom stereocenters. The molecule has 6 heteroatoms. The van der Waals surface area contributed by atoms with Crippen molar-refractivity contribution in [3.05, 3.63) is 65.7 Å². The monoisotopic (exact) mass is 536 g/mol. The summed E-state index contributed by atoms with van der Waals surface area (Å²) in [6, 6.07) is 19.4. The lowest BCUT2D eigenvalue weighted by Gasteiger charge is -2.34. The van der Waals surface area contributed by atoms with E-state index in [9.17, 15) is 9.59 Å². The topological polar surface area (TPSA) is 59.1 Å². The Labute approximate surface area is 235 Å². The van der Waals surface area contributed by atoms with Crippen LogP contribution in [-0.2, 0) is 20.7 Å². The van der Waals surface area contributed by atoms with Gasteiger partial charge in [0.25, 0.3) is 0 Å². The maximum atomic E-state index is 13.2. The second-order valence-electron chi connectivity index (χ2n) is 12.8. The number of ether oxygens (including phenoxy) is 2. The molecule has 39 heavy (non-hydrogen) atoms. The molecule has 0 aliphatic carbocycles.